The van der Waals surface area contributed by atoms with Gasteiger partial charge in [-0.3, -0.25) is 4.79 Å². The molecule has 0 saturated carbocycles. The van der Waals surface area contributed by atoms with Gasteiger partial charge in [0.05, 0.1) is 10.6 Å². The van der Waals surface area contributed by atoms with Crippen molar-refractivity contribution < 1.29 is 31.9 Å². The van der Waals surface area contributed by atoms with Crippen LogP contribution in [0.3, 0.4) is 0 Å². The number of benzene rings is 1. The third-order valence-electron chi connectivity index (χ3n) is 2.07. The van der Waals surface area contributed by atoms with E-state index in [0.29, 0.717) is 12.1 Å². The van der Waals surface area contributed by atoms with Crippen LogP contribution in [0.4, 0.5) is 22.0 Å². The summed E-state index contributed by atoms with van der Waals surface area (Å²) in [6.45, 7) is 0. The maximum atomic E-state index is 13.3. The van der Waals surface area contributed by atoms with E-state index in [2.05, 4.69) is 0 Å². The van der Waals surface area contributed by atoms with Crippen LogP contribution in [0.5, 0.6) is 0 Å². The zero-order valence-corrected chi connectivity index (χ0v) is 9.32. The van der Waals surface area contributed by atoms with Crippen molar-refractivity contribution in [1.82, 2.24) is 0 Å². The molecule has 0 heterocycles. The molecule has 0 aliphatic carbocycles. The monoisotopic (exact) mass is 288 g/mol. The minimum Gasteiger partial charge on any atom is -0.481 e. The first-order valence-electron chi connectivity index (χ1n) is 4.51. The summed E-state index contributed by atoms with van der Waals surface area (Å²) in [5.41, 5.74) is -2.46. The van der Waals surface area contributed by atoms with Gasteiger partial charge in [-0.2, -0.15) is 13.2 Å². The van der Waals surface area contributed by atoms with Crippen molar-refractivity contribution in [2.24, 2.45) is 0 Å². The molecule has 1 aromatic rings. The fourth-order valence-corrected chi connectivity index (χ4v) is 1.49. The van der Waals surface area contributed by atoms with Crippen molar-refractivity contribution in [1.29, 1.82) is 0 Å². The van der Waals surface area contributed by atoms with Crippen LogP contribution in [0.15, 0.2) is 18.2 Å². The minimum atomic E-state index is -4.88. The average Bonchev–Trinajstić information content (AvgIpc) is 2.13. The highest BCUT2D eigenvalue weighted by Crippen LogP contribution is 2.39. The van der Waals surface area contributed by atoms with Gasteiger partial charge in [-0.15, -0.1) is 0 Å². The van der Waals surface area contributed by atoms with Crippen molar-refractivity contribution in [3.8, 4) is 0 Å². The van der Waals surface area contributed by atoms with Gasteiger partial charge in [0.2, 0.25) is 0 Å². The minimum absolute atomic E-state index is 0.158. The predicted molar refractivity (Wildman–Crippen MR) is 52.6 cm³/mol. The average molecular weight is 289 g/mol. The molecule has 0 fully saturated rings. The quantitative estimate of drug-likeness (QED) is 0.856. The van der Waals surface area contributed by atoms with Crippen LogP contribution in [-0.2, 0) is 16.9 Å². The molecule has 2 nitrogen and oxygen atoms in total. The normalized spacial score (nSPS) is 12.6. The Hall–Kier alpha value is -1.37. The molecule has 8 heteroatoms. The molecule has 0 bridgehead atoms. The van der Waals surface area contributed by atoms with Crippen LogP contribution < -0.4 is 0 Å². The molecule has 0 aromatic heterocycles. The van der Waals surface area contributed by atoms with E-state index in [1.54, 1.807) is 0 Å². The molecule has 0 saturated heterocycles. The Bertz CT molecular complexity index is 470. The summed E-state index contributed by atoms with van der Waals surface area (Å²) >= 11 is 5.26. The molecule has 1 N–H and O–H groups in total. The Balaban J connectivity index is 3.24. The lowest BCUT2D eigenvalue weighted by Gasteiger charge is -2.17. The van der Waals surface area contributed by atoms with Crippen LogP contribution >= 0.6 is 11.6 Å². The molecule has 1 aromatic carbocycles. The van der Waals surface area contributed by atoms with Crippen LogP contribution in [0.1, 0.15) is 17.5 Å². The molecule has 0 spiro atoms. The van der Waals surface area contributed by atoms with E-state index >= 15 is 0 Å². The lowest BCUT2D eigenvalue weighted by atomic mass is 10.0. The molecule has 0 aliphatic rings. The third-order valence-corrected chi connectivity index (χ3v) is 2.40. The van der Waals surface area contributed by atoms with Crippen molar-refractivity contribution in [2.45, 2.75) is 18.5 Å². The number of hydrogen-bond acceptors (Lipinski definition) is 1. The second-order valence-corrected chi connectivity index (χ2v) is 3.87. The SMILES string of the molecule is O=C(O)CC(F)(F)c1ccc(Cl)c(C(F)(F)F)c1. The molecule has 100 valence electrons. The number of alkyl halides is 5. The van der Waals surface area contributed by atoms with Crippen molar-refractivity contribution in [2.75, 3.05) is 0 Å². The summed E-state index contributed by atoms with van der Waals surface area (Å²) in [5.74, 6) is -5.71. The van der Waals surface area contributed by atoms with E-state index in [1.165, 1.54) is 0 Å². The van der Waals surface area contributed by atoms with Crippen molar-refractivity contribution >= 4 is 17.6 Å². The fourth-order valence-electron chi connectivity index (χ4n) is 1.26. The Morgan fingerprint density at radius 2 is 1.78 bits per heavy atom. The zero-order valence-electron chi connectivity index (χ0n) is 8.56. The van der Waals surface area contributed by atoms with Crippen molar-refractivity contribution in [3.05, 3.63) is 34.3 Å². The van der Waals surface area contributed by atoms with Gasteiger partial charge in [-0.25, -0.2) is 8.78 Å². The van der Waals surface area contributed by atoms with E-state index in [4.69, 9.17) is 16.7 Å². The smallest absolute Gasteiger partial charge is 0.417 e. The Labute approximate surface area is 103 Å². The number of rotatable bonds is 3. The van der Waals surface area contributed by atoms with Gasteiger partial charge >= 0.3 is 12.1 Å². The zero-order chi connectivity index (χ0) is 14.1. The number of halogens is 6. The van der Waals surface area contributed by atoms with Crippen molar-refractivity contribution in [3.63, 3.8) is 0 Å². The van der Waals surface area contributed by atoms with Crippen LogP contribution in [-0.4, -0.2) is 11.1 Å². The first-order chi connectivity index (χ1) is 8.04. The molecule has 0 amide bonds. The van der Waals surface area contributed by atoms with Crippen LogP contribution in [0, 0.1) is 0 Å². The number of carbonyl (C=O) groups is 1. The largest absolute Gasteiger partial charge is 0.481 e. The summed E-state index contributed by atoms with van der Waals surface area (Å²) in [5, 5.41) is 7.54. The summed E-state index contributed by atoms with van der Waals surface area (Å²) in [6.07, 6.45) is -6.47. The summed E-state index contributed by atoms with van der Waals surface area (Å²) in [7, 11) is 0. The highest BCUT2D eigenvalue weighted by molar-refractivity contribution is 6.31. The van der Waals surface area contributed by atoms with Gasteiger partial charge < -0.3 is 5.11 Å². The lowest BCUT2D eigenvalue weighted by molar-refractivity contribution is -0.145. The van der Waals surface area contributed by atoms with Gasteiger partial charge in [-0.1, -0.05) is 17.7 Å². The maximum absolute atomic E-state index is 13.3. The van der Waals surface area contributed by atoms with E-state index < -0.39 is 40.6 Å². The third kappa shape index (κ3) is 3.32. The molecule has 0 aliphatic heterocycles. The molecular weight excluding hydrogens is 283 g/mol. The first kappa shape index (κ1) is 14.7. The van der Waals surface area contributed by atoms with Gasteiger partial charge in [0, 0.05) is 5.56 Å². The van der Waals surface area contributed by atoms with E-state index in [0.717, 1.165) is 0 Å². The predicted octanol–water partition coefficient (Wildman–Crippen LogP) is 3.93. The Kier molecular flexibility index (Phi) is 3.85. The second kappa shape index (κ2) is 4.72. The summed E-state index contributed by atoms with van der Waals surface area (Å²) in [6, 6.07) is 1.49. The van der Waals surface area contributed by atoms with E-state index in [1.807, 2.05) is 0 Å². The fraction of sp³-hybridized carbons (Fsp3) is 0.300. The van der Waals surface area contributed by atoms with Crippen LogP contribution in [0.2, 0.25) is 5.02 Å². The highest BCUT2D eigenvalue weighted by Gasteiger charge is 2.39. The first-order valence-corrected chi connectivity index (χ1v) is 4.88. The summed E-state index contributed by atoms with van der Waals surface area (Å²) in [4.78, 5) is 10.2. The van der Waals surface area contributed by atoms with Gasteiger partial charge in [0.1, 0.15) is 6.42 Å². The number of hydrogen-bond donors (Lipinski definition) is 1. The topological polar surface area (TPSA) is 37.3 Å². The van der Waals surface area contributed by atoms with E-state index in [9.17, 15) is 26.7 Å². The molecule has 18 heavy (non-hydrogen) atoms. The summed E-state index contributed by atoms with van der Waals surface area (Å²) < 4.78 is 63.9. The molecule has 1 rings (SSSR count). The maximum Gasteiger partial charge on any atom is 0.417 e. The van der Waals surface area contributed by atoms with Gasteiger partial charge in [-0.05, 0) is 12.1 Å². The number of aliphatic carboxylic acids is 1. The lowest BCUT2D eigenvalue weighted by Crippen LogP contribution is -2.19. The van der Waals surface area contributed by atoms with Gasteiger partial charge in [0.15, 0.2) is 0 Å². The molecule has 0 unspecified atom stereocenters. The Morgan fingerprint density at radius 1 is 1.22 bits per heavy atom. The van der Waals surface area contributed by atoms with E-state index in [-0.39, 0.29) is 6.07 Å². The highest BCUT2D eigenvalue weighted by atomic mass is 35.5. The van der Waals surface area contributed by atoms with Gasteiger partial charge in [0.25, 0.3) is 5.92 Å². The Morgan fingerprint density at radius 3 is 2.22 bits per heavy atom. The molecule has 0 atom stereocenters. The number of carboxylic acid groups (broad SMARTS) is 1. The molecular formula is C10H6ClF5O2. The molecule has 0 radical (unpaired) electrons. The van der Waals surface area contributed by atoms with Crippen LogP contribution in [0.25, 0.3) is 0 Å². The second-order valence-electron chi connectivity index (χ2n) is 3.47. The number of carboxylic acids is 1. The standard InChI is InChI=1S/C10H6ClF5O2/c11-7-2-1-5(3-6(7)10(14,15)16)9(12,13)4-8(17)18/h1-3H,4H2,(H,17,18).